The van der Waals surface area contributed by atoms with Gasteiger partial charge in [0.25, 0.3) is 0 Å². The van der Waals surface area contributed by atoms with Gasteiger partial charge in [-0.15, -0.1) is 0 Å². The molecule has 0 saturated heterocycles. The molecule has 8 heteroatoms. The van der Waals surface area contributed by atoms with E-state index in [1.807, 2.05) is 0 Å². The number of hydrogen-bond acceptors (Lipinski definition) is 0. The molecule has 0 aromatic carbocycles. The molecule has 0 spiro atoms. The summed E-state index contributed by atoms with van der Waals surface area (Å²) in [6.07, 6.45) is 0. The van der Waals surface area contributed by atoms with Crippen LogP contribution < -0.4 is 84.9 Å². The van der Waals surface area contributed by atoms with Gasteiger partial charge in [0.2, 0.25) is 0 Å². The fraction of sp³-hybridized carbons (Fsp3) is 0. The standard InChI is InChI=1S/CH3.5BrH.3Mg/h1H3;5*1H;;;/q-1;;;;;;3*+2/p-5. The Morgan fingerprint density at radius 2 is 0.333 bits per heavy atom. The van der Waals surface area contributed by atoms with E-state index >= 15 is 0 Å². The van der Waals surface area contributed by atoms with E-state index < -0.39 is 0 Å². The molecule has 0 nitrogen and oxygen atoms in total. The predicted molar refractivity (Wildman–Crippen MR) is 23.7 cm³/mol. The van der Waals surface area contributed by atoms with E-state index in [1.54, 1.807) is 0 Å². The van der Waals surface area contributed by atoms with Gasteiger partial charge in [0.15, 0.2) is 0 Å². The Balaban J connectivity index is 0. The third-order valence-corrected chi connectivity index (χ3v) is 0. The van der Waals surface area contributed by atoms with Crippen molar-refractivity contribution in [2.24, 2.45) is 0 Å². The van der Waals surface area contributed by atoms with Crippen LogP contribution in [-0.4, -0.2) is 69.2 Å². The molecular weight excluding hydrogens is 484 g/mol. The van der Waals surface area contributed by atoms with Gasteiger partial charge in [-0.2, -0.15) is 0 Å². The fourth-order valence-corrected chi connectivity index (χ4v) is 0. The van der Waals surface area contributed by atoms with Crippen LogP contribution in [0.5, 0.6) is 0 Å². The van der Waals surface area contributed by atoms with Crippen molar-refractivity contribution in [3.8, 4) is 0 Å². The maximum atomic E-state index is 0. The molecule has 0 aromatic heterocycles. The summed E-state index contributed by atoms with van der Waals surface area (Å²) in [5, 5.41) is 0. The molecule has 0 aliphatic rings. The van der Waals surface area contributed by atoms with Crippen LogP contribution in [0.1, 0.15) is 0 Å². The maximum Gasteiger partial charge on any atom is 2.00 e. The predicted octanol–water partition coefficient (Wildman–Crippen LogP) is -15.7. The van der Waals surface area contributed by atoms with Gasteiger partial charge in [0, 0.05) is 0 Å². The zero-order valence-electron chi connectivity index (χ0n) is 5.01. The number of hydrogen-bond donors (Lipinski definition) is 0. The Morgan fingerprint density at radius 3 is 0.333 bits per heavy atom. The van der Waals surface area contributed by atoms with Gasteiger partial charge < -0.3 is 92.3 Å². The molecule has 48 valence electrons. The van der Waals surface area contributed by atoms with Crippen molar-refractivity contribution in [1.29, 1.82) is 0 Å². The fourth-order valence-electron chi connectivity index (χ4n) is 0. The second-order valence-corrected chi connectivity index (χ2v) is 0. The van der Waals surface area contributed by atoms with Crippen molar-refractivity contribution in [3.63, 3.8) is 0 Å². The SMILES string of the molecule is [Br-].[Br-].[Br-].[Br-].[Br-].[CH3-].[Mg+2].[Mg+2].[Mg+2]. The summed E-state index contributed by atoms with van der Waals surface area (Å²) in [7, 11) is 0. The van der Waals surface area contributed by atoms with Crippen molar-refractivity contribution in [2.45, 2.75) is 0 Å². The normalized spacial score (nSPS) is 0. The molecule has 0 rings (SSSR count). The largest absolute Gasteiger partial charge is 2.00 e. The Bertz CT molecular complexity index is 12.2. The Labute approximate surface area is 158 Å². The third-order valence-electron chi connectivity index (χ3n) is 0. The van der Waals surface area contributed by atoms with Crippen LogP contribution in [-0.2, 0) is 0 Å². The van der Waals surface area contributed by atoms with E-state index in [0.29, 0.717) is 0 Å². The molecule has 0 atom stereocenters. The molecule has 0 saturated carbocycles. The molecule has 0 bridgehead atoms. The van der Waals surface area contributed by atoms with Crippen molar-refractivity contribution < 1.29 is 84.9 Å². The van der Waals surface area contributed by atoms with E-state index in [4.69, 9.17) is 0 Å². The van der Waals surface area contributed by atoms with Crippen LogP contribution in [0.2, 0.25) is 0 Å². The van der Waals surface area contributed by atoms with Gasteiger partial charge in [0.1, 0.15) is 0 Å². The average Bonchev–Trinajstić information content (AvgIpc) is 0. The first kappa shape index (κ1) is 100. The van der Waals surface area contributed by atoms with Gasteiger partial charge in [-0.1, -0.05) is 0 Å². The maximum absolute atomic E-state index is 0. The van der Waals surface area contributed by atoms with Gasteiger partial charge in [0.05, 0.1) is 0 Å². The quantitative estimate of drug-likeness (QED) is 0.235. The third kappa shape index (κ3) is 65.8. The minimum absolute atomic E-state index is 0. The minimum atomic E-state index is 0. The van der Waals surface area contributed by atoms with Gasteiger partial charge in [-0.25, -0.2) is 0 Å². The molecule has 0 radical (unpaired) electrons. The van der Waals surface area contributed by atoms with Crippen molar-refractivity contribution in [1.82, 2.24) is 0 Å². The zero-order chi connectivity index (χ0) is 0. The van der Waals surface area contributed by atoms with Crippen molar-refractivity contribution >= 4 is 69.2 Å². The summed E-state index contributed by atoms with van der Waals surface area (Å²) >= 11 is 0. The van der Waals surface area contributed by atoms with E-state index in [9.17, 15) is 0 Å². The Kier molecular flexibility index (Phi) is 875. The van der Waals surface area contributed by atoms with Crippen LogP contribution in [0.25, 0.3) is 0 Å². The van der Waals surface area contributed by atoms with Crippen LogP contribution in [0.15, 0.2) is 0 Å². The summed E-state index contributed by atoms with van der Waals surface area (Å²) in [5.74, 6) is 0. The Hall–Kier alpha value is 4.70. The second-order valence-electron chi connectivity index (χ2n) is 0. The molecule has 0 fully saturated rings. The summed E-state index contributed by atoms with van der Waals surface area (Å²) in [4.78, 5) is 0. The molecular formula is CH3Br5Mg3. The molecule has 0 N–H and O–H groups in total. The van der Waals surface area contributed by atoms with E-state index in [1.165, 1.54) is 0 Å². The minimum Gasteiger partial charge on any atom is -1.00 e. The van der Waals surface area contributed by atoms with E-state index in [0.717, 1.165) is 0 Å². The van der Waals surface area contributed by atoms with Crippen LogP contribution in [0, 0.1) is 7.43 Å². The summed E-state index contributed by atoms with van der Waals surface area (Å²) in [6, 6.07) is 0. The molecule has 9 heavy (non-hydrogen) atoms. The smallest absolute Gasteiger partial charge is 1.00 e. The van der Waals surface area contributed by atoms with Crippen molar-refractivity contribution in [3.05, 3.63) is 7.43 Å². The van der Waals surface area contributed by atoms with E-state index in [-0.39, 0.29) is 161 Å². The molecule has 0 aliphatic heterocycles. The van der Waals surface area contributed by atoms with E-state index in [2.05, 4.69) is 0 Å². The molecule has 0 heterocycles. The first-order valence-electron chi connectivity index (χ1n) is 0. The van der Waals surface area contributed by atoms with Crippen molar-refractivity contribution in [2.75, 3.05) is 0 Å². The molecule has 0 aromatic rings. The van der Waals surface area contributed by atoms with Crippen LogP contribution in [0.4, 0.5) is 0 Å². The summed E-state index contributed by atoms with van der Waals surface area (Å²) in [5.41, 5.74) is 0. The number of rotatable bonds is 0. The monoisotopic (exact) mass is 482 g/mol. The van der Waals surface area contributed by atoms with Crippen LogP contribution in [0.3, 0.4) is 0 Å². The topological polar surface area (TPSA) is 0 Å². The molecule has 0 amide bonds. The van der Waals surface area contributed by atoms with Gasteiger partial charge in [-0.05, 0) is 0 Å². The second kappa shape index (κ2) is 78.7. The summed E-state index contributed by atoms with van der Waals surface area (Å²) in [6.45, 7) is 0. The zero-order valence-corrected chi connectivity index (χ0v) is 17.2. The summed E-state index contributed by atoms with van der Waals surface area (Å²) < 4.78 is 0. The Morgan fingerprint density at radius 1 is 0.333 bits per heavy atom. The molecule has 0 aliphatic carbocycles. The van der Waals surface area contributed by atoms with Crippen LogP contribution >= 0.6 is 0 Å². The first-order chi connectivity index (χ1) is 0. The molecule has 0 unspecified atom stereocenters. The first-order valence-corrected chi connectivity index (χ1v) is 0. The van der Waals surface area contributed by atoms with Gasteiger partial charge in [-0.3, -0.25) is 0 Å². The average molecular weight is 487 g/mol. The number of halogens is 5. The van der Waals surface area contributed by atoms with Gasteiger partial charge >= 0.3 is 69.2 Å².